The number of carbonyl (C=O) groups is 1. The number of piperidine rings is 1. The first-order valence-electron chi connectivity index (χ1n) is 8.32. The number of halogens is 3. The van der Waals surface area contributed by atoms with Crippen molar-refractivity contribution in [3.8, 4) is 0 Å². The maximum absolute atomic E-state index is 13.1. The Balaban J connectivity index is 0.00000208. The monoisotopic (exact) mass is 375 g/mol. The molecule has 2 saturated heterocycles. The topological polar surface area (TPSA) is 44.4 Å². The van der Waals surface area contributed by atoms with Crippen LogP contribution in [0.1, 0.15) is 31.2 Å². The third-order valence-corrected chi connectivity index (χ3v) is 4.99. The average Bonchev–Trinajstić information content (AvgIpc) is 3.05. The highest BCUT2D eigenvalue weighted by Crippen LogP contribution is 2.21. The molecule has 7 heteroatoms. The van der Waals surface area contributed by atoms with Gasteiger partial charge in [0.1, 0.15) is 5.82 Å². The molecule has 0 aliphatic carbocycles. The van der Waals surface area contributed by atoms with Gasteiger partial charge in [0.05, 0.1) is 6.04 Å². The third kappa shape index (κ3) is 5.06. The molecule has 0 saturated carbocycles. The number of hydrogen-bond acceptors (Lipinski definition) is 3. The van der Waals surface area contributed by atoms with Crippen LogP contribution in [0.25, 0.3) is 0 Å². The van der Waals surface area contributed by atoms with E-state index in [2.05, 4.69) is 15.5 Å². The minimum atomic E-state index is -0.313. The molecule has 1 aromatic rings. The molecule has 24 heavy (non-hydrogen) atoms. The molecule has 1 unspecified atom stereocenters. The zero-order valence-electron chi connectivity index (χ0n) is 13.6. The highest BCUT2D eigenvalue weighted by molar-refractivity contribution is 6.31. The Morgan fingerprint density at radius 2 is 2.21 bits per heavy atom. The number of nitrogens with zero attached hydrogens (tertiary/aromatic N) is 1. The third-order valence-electron chi connectivity index (χ3n) is 4.64. The predicted octanol–water partition coefficient (Wildman–Crippen LogP) is 2.73. The fraction of sp³-hybridized carbons (Fsp3) is 0.588. The smallest absolute Gasteiger partial charge is 0.237 e. The van der Waals surface area contributed by atoms with E-state index in [-0.39, 0.29) is 36.2 Å². The van der Waals surface area contributed by atoms with Crippen LogP contribution >= 0.6 is 24.0 Å². The molecular formula is C17H24Cl2FN3O. The average molecular weight is 376 g/mol. The summed E-state index contributed by atoms with van der Waals surface area (Å²) < 4.78 is 13.1. The van der Waals surface area contributed by atoms with Crippen LogP contribution in [0.5, 0.6) is 0 Å². The molecule has 2 aliphatic heterocycles. The number of nitrogens with one attached hydrogen (secondary N) is 2. The van der Waals surface area contributed by atoms with Gasteiger partial charge in [-0.3, -0.25) is 9.69 Å². The molecule has 0 spiro atoms. The number of hydrogen-bond donors (Lipinski definition) is 2. The van der Waals surface area contributed by atoms with E-state index in [4.69, 9.17) is 11.6 Å². The second-order valence-corrected chi connectivity index (χ2v) is 6.87. The summed E-state index contributed by atoms with van der Waals surface area (Å²) in [6, 6.07) is 4.68. The maximum atomic E-state index is 13.1. The van der Waals surface area contributed by atoms with Gasteiger partial charge in [-0.05, 0) is 56.5 Å². The summed E-state index contributed by atoms with van der Waals surface area (Å²) in [7, 11) is 0. The van der Waals surface area contributed by atoms with Gasteiger partial charge in [-0.2, -0.15) is 0 Å². The Labute approximate surface area is 153 Å². The molecule has 2 N–H and O–H groups in total. The number of carbonyl (C=O) groups excluding carboxylic acids is 1. The van der Waals surface area contributed by atoms with Gasteiger partial charge in [-0.15, -0.1) is 12.4 Å². The van der Waals surface area contributed by atoms with Crippen molar-refractivity contribution in [3.05, 3.63) is 34.6 Å². The summed E-state index contributed by atoms with van der Waals surface area (Å²) in [4.78, 5) is 14.5. The molecule has 4 nitrogen and oxygen atoms in total. The molecule has 0 radical (unpaired) electrons. The van der Waals surface area contributed by atoms with E-state index in [0.29, 0.717) is 11.6 Å². The summed E-state index contributed by atoms with van der Waals surface area (Å²) in [5, 5.41) is 6.86. The van der Waals surface area contributed by atoms with Crippen molar-refractivity contribution in [3.63, 3.8) is 0 Å². The van der Waals surface area contributed by atoms with Crippen LogP contribution in [-0.2, 0) is 11.3 Å². The van der Waals surface area contributed by atoms with Gasteiger partial charge in [-0.25, -0.2) is 4.39 Å². The SMILES string of the molecule is Cl.O=C(NC1CCCN(Cc2ccc(F)cc2Cl)C1)[C@@H]1CCCN1. The summed E-state index contributed by atoms with van der Waals surface area (Å²) in [6.45, 7) is 3.40. The van der Waals surface area contributed by atoms with Crippen molar-refractivity contribution >= 4 is 29.9 Å². The van der Waals surface area contributed by atoms with E-state index in [1.165, 1.54) is 12.1 Å². The standard InChI is InChI=1S/C17H23ClFN3O.ClH/c18-15-9-13(19)6-5-12(15)10-22-8-2-3-14(11-22)21-17(23)16-4-1-7-20-16;/h5-6,9,14,16,20H,1-4,7-8,10-11H2,(H,21,23);1H/t14?,16-;/m0./s1. The Bertz CT molecular complexity index is 567. The van der Waals surface area contributed by atoms with Crippen LogP contribution in [0.3, 0.4) is 0 Å². The lowest BCUT2D eigenvalue weighted by atomic mass is 10.0. The van der Waals surface area contributed by atoms with E-state index in [0.717, 1.165) is 50.9 Å². The van der Waals surface area contributed by atoms with Crippen LogP contribution in [0.2, 0.25) is 5.02 Å². The summed E-state index contributed by atoms with van der Waals surface area (Å²) in [6.07, 6.45) is 4.04. The Morgan fingerprint density at radius 3 is 2.92 bits per heavy atom. The predicted molar refractivity (Wildman–Crippen MR) is 96.1 cm³/mol. The summed E-state index contributed by atoms with van der Waals surface area (Å²) >= 11 is 6.11. The highest BCUT2D eigenvalue weighted by atomic mass is 35.5. The first-order chi connectivity index (χ1) is 11.1. The van der Waals surface area contributed by atoms with Crippen LogP contribution in [0.15, 0.2) is 18.2 Å². The van der Waals surface area contributed by atoms with Crippen LogP contribution in [0.4, 0.5) is 4.39 Å². The Morgan fingerprint density at radius 1 is 1.38 bits per heavy atom. The zero-order chi connectivity index (χ0) is 16.2. The molecule has 1 aromatic carbocycles. The minimum absolute atomic E-state index is 0. The number of amides is 1. The Hall–Kier alpha value is -0.880. The van der Waals surface area contributed by atoms with E-state index in [1.807, 2.05) is 0 Å². The van der Waals surface area contributed by atoms with Gasteiger partial charge in [0, 0.05) is 24.2 Å². The van der Waals surface area contributed by atoms with E-state index >= 15 is 0 Å². The lowest BCUT2D eigenvalue weighted by Gasteiger charge is -2.33. The fourth-order valence-corrected chi connectivity index (χ4v) is 3.64. The van der Waals surface area contributed by atoms with Crippen LogP contribution in [-0.4, -0.2) is 42.5 Å². The first-order valence-corrected chi connectivity index (χ1v) is 8.69. The molecule has 134 valence electrons. The first kappa shape index (κ1) is 19.4. The van der Waals surface area contributed by atoms with Crippen molar-refractivity contribution in [1.82, 2.24) is 15.5 Å². The van der Waals surface area contributed by atoms with E-state index in [1.54, 1.807) is 6.07 Å². The molecule has 0 aromatic heterocycles. The molecule has 2 fully saturated rings. The number of likely N-dealkylation sites (tertiary alicyclic amines) is 1. The van der Waals surface area contributed by atoms with Gasteiger partial charge in [0.2, 0.25) is 5.91 Å². The van der Waals surface area contributed by atoms with Crippen molar-refractivity contribution in [2.45, 2.75) is 44.3 Å². The molecule has 1 amide bonds. The van der Waals surface area contributed by atoms with Crippen LogP contribution in [0, 0.1) is 5.82 Å². The number of rotatable bonds is 4. The molecular weight excluding hydrogens is 352 g/mol. The highest BCUT2D eigenvalue weighted by Gasteiger charge is 2.27. The van der Waals surface area contributed by atoms with Crippen molar-refractivity contribution in [2.24, 2.45) is 0 Å². The van der Waals surface area contributed by atoms with Crippen molar-refractivity contribution in [1.29, 1.82) is 0 Å². The molecule has 0 bridgehead atoms. The van der Waals surface area contributed by atoms with Crippen molar-refractivity contribution < 1.29 is 9.18 Å². The van der Waals surface area contributed by atoms with Crippen LogP contribution < -0.4 is 10.6 Å². The quantitative estimate of drug-likeness (QED) is 0.850. The van der Waals surface area contributed by atoms with Gasteiger partial charge >= 0.3 is 0 Å². The van der Waals surface area contributed by atoms with Gasteiger partial charge in [-0.1, -0.05) is 17.7 Å². The van der Waals surface area contributed by atoms with Gasteiger partial charge in [0.15, 0.2) is 0 Å². The molecule has 2 heterocycles. The zero-order valence-corrected chi connectivity index (χ0v) is 15.1. The maximum Gasteiger partial charge on any atom is 0.237 e. The summed E-state index contributed by atoms with van der Waals surface area (Å²) in [5.74, 6) is -0.194. The van der Waals surface area contributed by atoms with E-state index in [9.17, 15) is 9.18 Å². The minimum Gasteiger partial charge on any atom is -0.351 e. The van der Waals surface area contributed by atoms with E-state index < -0.39 is 0 Å². The Kier molecular flexibility index (Phi) is 7.29. The lowest BCUT2D eigenvalue weighted by Crippen LogP contribution is -2.51. The van der Waals surface area contributed by atoms with Gasteiger partial charge < -0.3 is 10.6 Å². The lowest BCUT2D eigenvalue weighted by molar-refractivity contribution is -0.123. The normalized spacial score (nSPS) is 24.4. The van der Waals surface area contributed by atoms with Crippen molar-refractivity contribution in [2.75, 3.05) is 19.6 Å². The molecule has 2 atom stereocenters. The molecule has 3 rings (SSSR count). The second-order valence-electron chi connectivity index (χ2n) is 6.47. The fourth-order valence-electron chi connectivity index (χ4n) is 3.42. The van der Waals surface area contributed by atoms with Gasteiger partial charge in [0.25, 0.3) is 0 Å². The largest absolute Gasteiger partial charge is 0.351 e. The number of benzene rings is 1. The summed E-state index contributed by atoms with van der Waals surface area (Å²) in [5.41, 5.74) is 0.928. The molecule has 2 aliphatic rings. The second kappa shape index (κ2) is 8.99.